The maximum absolute atomic E-state index is 13.5. The summed E-state index contributed by atoms with van der Waals surface area (Å²) in [5, 5.41) is 4.51. The van der Waals surface area contributed by atoms with Gasteiger partial charge in [0.05, 0.1) is 26.6 Å². The molecule has 0 saturated heterocycles. The van der Waals surface area contributed by atoms with Crippen LogP contribution in [0.15, 0.2) is 81.7 Å². The molecule has 1 heterocycles. The van der Waals surface area contributed by atoms with Crippen LogP contribution in [0.25, 0.3) is 16.5 Å². The highest BCUT2D eigenvalue weighted by molar-refractivity contribution is 9.11. The number of hydrogen-bond acceptors (Lipinski definition) is 3. The molecule has 3 rings (SSSR count). The first-order valence-electron chi connectivity index (χ1n) is 10.4. The summed E-state index contributed by atoms with van der Waals surface area (Å²) in [5.74, 6) is -0.336. The van der Waals surface area contributed by atoms with E-state index in [1.807, 2.05) is 55.5 Å². The number of carbonyl (C=O) groups is 1. The molecule has 0 radical (unpaired) electrons. The highest BCUT2D eigenvalue weighted by Crippen LogP contribution is 2.25. The Balaban J connectivity index is 2.10. The van der Waals surface area contributed by atoms with Gasteiger partial charge in [-0.2, -0.15) is 0 Å². The van der Waals surface area contributed by atoms with Crippen molar-refractivity contribution in [2.24, 2.45) is 5.73 Å². The minimum Gasteiger partial charge on any atom is -0.392 e. The lowest BCUT2D eigenvalue weighted by molar-refractivity contribution is -0.117. The molecule has 0 fully saturated rings. The molecular weight excluding hydrogens is 490 g/mol. The van der Waals surface area contributed by atoms with Gasteiger partial charge in [0.1, 0.15) is 0 Å². The van der Waals surface area contributed by atoms with Gasteiger partial charge in [-0.1, -0.05) is 67.4 Å². The van der Waals surface area contributed by atoms with Crippen molar-refractivity contribution in [3.05, 3.63) is 98.0 Å². The van der Waals surface area contributed by atoms with E-state index in [9.17, 15) is 9.59 Å². The van der Waals surface area contributed by atoms with Crippen molar-refractivity contribution in [2.75, 3.05) is 0 Å². The summed E-state index contributed by atoms with van der Waals surface area (Å²) in [5.41, 5.74) is 7.30. The second-order valence-electron chi connectivity index (χ2n) is 7.40. The van der Waals surface area contributed by atoms with Crippen molar-refractivity contribution in [3.63, 3.8) is 0 Å². The number of rotatable bonds is 7. The molecule has 1 amide bonds. The highest BCUT2D eigenvalue weighted by Gasteiger charge is 2.20. The zero-order valence-corrected chi connectivity index (χ0v) is 20.3. The smallest absolute Gasteiger partial charge is 0.264 e. The van der Waals surface area contributed by atoms with E-state index in [1.165, 1.54) is 0 Å². The molecule has 2 aromatic carbocycles. The third-order valence-electron chi connectivity index (χ3n) is 5.07. The maximum Gasteiger partial charge on any atom is 0.264 e. The van der Waals surface area contributed by atoms with E-state index < -0.39 is 6.04 Å². The number of allylic oxidation sites excluding steroid dienone is 1. The molecule has 0 aliphatic rings. The topological polar surface area (TPSA) is 77.1 Å². The van der Waals surface area contributed by atoms with E-state index >= 15 is 0 Å². The first kappa shape index (κ1) is 23.8. The second kappa shape index (κ2) is 10.7. The minimum atomic E-state index is -0.486. The fourth-order valence-corrected chi connectivity index (χ4v) is 4.06. The van der Waals surface area contributed by atoms with Crippen LogP contribution in [-0.4, -0.2) is 10.5 Å². The number of nitrogens with zero attached hydrogens (tertiary/aromatic N) is 1. The Bertz CT molecular complexity index is 1250. The van der Waals surface area contributed by atoms with E-state index in [4.69, 9.17) is 17.3 Å². The van der Waals surface area contributed by atoms with E-state index in [0.29, 0.717) is 32.7 Å². The summed E-state index contributed by atoms with van der Waals surface area (Å²) in [6.07, 6.45) is 5.42. The SMILES string of the molecule is CCC/C=C\C(C(=O)N[C@@H](C)c1cc2cccc(Cl)c2c(=O)n1-c1ccccc1)=C(/N)Br. The number of unbranched alkanes of at least 4 members (excludes halogenated alkanes) is 1. The molecule has 0 bridgehead atoms. The third-order valence-corrected chi connectivity index (χ3v) is 5.81. The zero-order chi connectivity index (χ0) is 23.3. The van der Waals surface area contributed by atoms with Crippen LogP contribution < -0.4 is 16.6 Å². The van der Waals surface area contributed by atoms with E-state index in [1.54, 1.807) is 22.8 Å². The van der Waals surface area contributed by atoms with E-state index in [2.05, 4.69) is 28.2 Å². The average molecular weight is 515 g/mol. The van der Waals surface area contributed by atoms with Crippen LogP contribution in [0.1, 0.15) is 38.4 Å². The molecule has 32 heavy (non-hydrogen) atoms. The number of benzene rings is 2. The fourth-order valence-electron chi connectivity index (χ4n) is 3.48. The standard InChI is InChI=1S/C25H25BrClN3O2/c1-3-4-6-13-19(23(26)28)24(31)29-16(2)21-15-17-10-9-14-20(27)22(17)25(32)30(21)18-11-7-5-8-12-18/h5-16H,3-4,28H2,1-2H3,(H,29,31)/b13-6-,23-19+/t16-/m0/s1. The number of halogens is 2. The molecule has 0 unspecified atom stereocenters. The van der Waals surface area contributed by atoms with Gasteiger partial charge in [0.2, 0.25) is 0 Å². The highest BCUT2D eigenvalue weighted by atomic mass is 79.9. The van der Waals surface area contributed by atoms with Gasteiger partial charge in [-0.25, -0.2) is 0 Å². The fraction of sp³-hybridized carbons (Fsp3) is 0.200. The van der Waals surface area contributed by atoms with E-state index in [0.717, 1.165) is 12.8 Å². The molecule has 1 aromatic heterocycles. The van der Waals surface area contributed by atoms with Crippen molar-refractivity contribution >= 4 is 44.2 Å². The summed E-state index contributed by atoms with van der Waals surface area (Å²) in [4.78, 5) is 26.5. The number of pyridine rings is 1. The average Bonchev–Trinajstić information content (AvgIpc) is 2.76. The van der Waals surface area contributed by atoms with Gasteiger partial charge in [0, 0.05) is 11.4 Å². The third kappa shape index (κ3) is 5.14. The number of fused-ring (bicyclic) bond motifs is 1. The number of para-hydroxylation sites is 1. The van der Waals surface area contributed by atoms with Crippen molar-refractivity contribution in [3.8, 4) is 5.69 Å². The number of aromatic nitrogens is 1. The van der Waals surface area contributed by atoms with Crippen LogP contribution in [0.5, 0.6) is 0 Å². The molecule has 3 N–H and O–H groups in total. The predicted octanol–water partition coefficient (Wildman–Crippen LogP) is 5.74. The molecular formula is C25H25BrClN3O2. The Morgan fingerprint density at radius 2 is 1.94 bits per heavy atom. The Hall–Kier alpha value is -2.83. The normalized spacial score (nSPS) is 13.2. The van der Waals surface area contributed by atoms with Gasteiger partial charge in [-0.3, -0.25) is 14.2 Å². The predicted molar refractivity (Wildman–Crippen MR) is 135 cm³/mol. The summed E-state index contributed by atoms with van der Waals surface area (Å²) < 4.78 is 1.84. The number of amides is 1. The Labute approximate surface area is 200 Å². The lowest BCUT2D eigenvalue weighted by Gasteiger charge is -2.21. The quantitative estimate of drug-likeness (QED) is 0.240. The van der Waals surface area contributed by atoms with Crippen LogP contribution in [0.4, 0.5) is 0 Å². The molecule has 3 aromatic rings. The lowest BCUT2D eigenvalue weighted by atomic mass is 10.1. The van der Waals surface area contributed by atoms with Gasteiger partial charge >= 0.3 is 0 Å². The van der Waals surface area contributed by atoms with Gasteiger partial charge < -0.3 is 11.1 Å². The van der Waals surface area contributed by atoms with Crippen molar-refractivity contribution in [1.82, 2.24) is 9.88 Å². The number of hydrogen-bond donors (Lipinski definition) is 2. The molecule has 0 aliphatic carbocycles. The van der Waals surface area contributed by atoms with Crippen LogP contribution in [-0.2, 0) is 4.79 Å². The second-order valence-corrected chi connectivity index (χ2v) is 8.66. The molecule has 166 valence electrons. The van der Waals surface area contributed by atoms with Crippen LogP contribution >= 0.6 is 27.5 Å². The monoisotopic (exact) mass is 513 g/mol. The molecule has 0 aliphatic heterocycles. The van der Waals surface area contributed by atoms with Crippen molar-refractivity contribution in [1.29, 1.82) is 0 Å². The minimum absolute atomic E-state index is 0.242. The number of nitrogens with one attached hydrogen (secondary N) is 1. The van der Waals surface area contributed by atoms with Crippen molar-refractivity contribution in [2.45, 2.75) is 32.7 Å². The Morgan fingerprint density at radius 3 is 2.59 bits per heavy atom. The molecule has 0 saturated carbocycles. The van der Waals surface area contributed by atoms with Gasteiger partial charge in [-0.15, -0.1) is 0 Å². The number of carbonyl (C=O) groups excluding carboxylic acids is 1. The summed E-state index contributed by atoms with van der Waals surface area (Å²) in [7, 11) is 0. The van der Waals surface area contributed by atoms with E-state index in [-0.39, 0.29) is 16.1 Å². The molecule has 7 heteroatoms. The summed E-state index contributed by atoms with van der Waals surface area (Å²) >= 11 is 9.58. The first-order valence-corrected chi connectivity index (χ1v) is 11.5. The number of nitrogens with two attached hydrogens (primary N) is 1. The zero-order valence-electron chi connectivity index (χ0n) is 17.9. The van der Waals surface area contributed by atoms with Crippen LogP contribution in [0.2, 0.25) is 5.02 Å². The molecule has 0 spiro atoms. The summed E-state index contributed by atoms with van der Waals surface area (Å²) in [6.45, 7) is 3.89. The van der Waals surface area contributed by atoms with Crippen LogP contribution in [0, 0.1) is 0 Å². The summed E-state index contributed by atoms with van der Waals surface area (Å²) in [6, 6.07) is 16.0. The molecule has 1 atom stereocenters. The Morgan fingerprint density at radius 1 is 1.22 bits per heavy atom. The first-order chi connectivity index (χ1) is 15.3. The van der Waals surface area contributed by atoms with Gasteiger partial charge in [0.25, 0.3) is 11.5 Å². The van der Waals surface area contributed by atoms with Crippen LogP contribution in [0.3, 0.4) is 0 Å². The lowest BCUT2D eigenvalue weighted by Crippen LogP contribution is -2.33. The Kier molecular flexibility index (Phi) is 7.94. The largest absolute Gasteiger partial charge is 0.392 e. The van der Waals surface area contributed by atoms with Gasteiger partial charge in [-0.05, 0) is 58.9 Å². The maximum atomic E-state index is 13.5. The molecule has 5 nitrogen and oxygen atoms in total. The van der Waals surface area contributed by atoms with Gasteiger partial charge in [0.15, 0.2) is 0 Å². The van der Waals surface area contributed by atoms with Crippen molar-refractivity contribution < 1.29 is 4.79 Å².